The predicted molar refractivity (Wildman–Crippen MR) is 92.9 cm³/mol. The molecule has 1 heterocycles. The number of nitrogens with zero attached hydrogens (tertiary/aromatic N) is 3. The SMILES string of the molecule is CC(NC(=O)NC1CCCCCC1)c1ccc(-n2cncn2)cc1. The largest absolute Gasteiger partial charge is 0.335 e. The maximum absolute atomic E-state index is 12.2. The lowest BCUT2D eigenvalue weighted by atomic mass is 10.1. The van der Waals surface area contributed by atoms with E-state index in [1.165, 1.54) is 32.0 Å². The Balaban J connectivity index is 1.54. The Morgan fingerprint density at radius 2 is 1.88 bits per heavy atom. The van der Waals surface area contributed by atoms with Crippen molar-refractivity contribution < 1.29 is 4.79 Å². The van der Waals surface area contributed by atoms with Gasteiger partial charge in [0.25, 0.3) is 0 Å². The molecule has 1 aliphatic rings. The van der Waals surface area contributed by atoms with E-state index in [2.05, 4.69) is 20.7 Å². The third kappa shape index (κ3) is 4.34. The standard InChI is InChI=1S/C18H25N5O/c1-14(21-18(24)22-16-6-4-2-3-5-7-16)15-8-10-17(11-9-15)23-13-19-12-20-23/h8-14,16H,2-7H2,1H3,(H2,21,22,24). The van der Waals surface area contributed by atoms with Crippen molar-refractivity contribution in [3.8, 4) is 5.69 Å². The third-order valence-electron chi connectivity index (χ3n) is 4.61. The van der Waals surface area contributed by atoms with Gasteiger partial charge < -0.3 is 10.6 Å². The van der Waals surface area contributed by atoms with Crippen LogP contribution < -0.4 is 10.6 Å². The van der Waals surface area contributed by atoms with Crippen LogP contribution in [0, 0.1) is 0 Å². The number of benzene rings is 1. The number of rotatable bonds is 4. The van der Waals surface area contributed by atoms with Gasteiger partial charge in [-0.3, -0.25) is 0 Å². The number of amides is 2. The summed E-state index contributed by atoms with van der Waals surface area (Å²) in [5, 5.41) is 10.3. The summed E-state index contributed by atoms with van der Waals surface area (Å²) in [5.74, 6) is 0. The van der Waals surface area contributed by atoms with Gasteiger partial charge in [-0.15, -0.1) is 0 Å². The van der Waals surface area contributed by atoms with Crippen molar-refractivity contribution in [2.75, 3.05) is 0 Å². The Labute approximate surface area is 142 Å². The van der Waals surface area contributed by atoms with E-state index in [4.69, 9.17) is 0 Å². The van der Waals surface area contributed by atoms with Gasteiger partial charge in [0.1, 0.15) is 12.7 Å². The highest BCUT2D eigenvalue weighted by Crippen LogP contribution is 2.18. The van der Waals surface area contributed by atoms with Crippen LogP contribution >= 0.6 is 0 Å². The molecule has 1 aromatic heterocycles. The van der Waals surface area contributed by atoms with E-state index in [9.17, 15) is 4.79 Å². The van der Waals surface area contributed by atoms with Gasteiger partial charge in [0.15, 0.2) is 0 Å². The molecule has 128 valence electrons. The van der Waals surface area contributed by atoms with Gasteiger partial charge in [0, 0.05) is 6.04 Å². The fourth-order valence-electron chi connectivity index (χ4n) is 3.19. The lowest BCUT2D eigenvalue weighted by Gasteiger charge is -2.20. The van der Waals surface area contributed by atoms with E-state index >= 15 is 0 Å². The summed E-state index contributed by atoms with van der Waals surface area (Å²) in [4.78, 5) is 16.2. The van der Waals surface area contributed by atoms with Crippen LogP contribution in [-0.4, -0.2) is 26.8 Å². The molecule has 0 aliphatic heterocycles. The van der Waals surface area contributed by atoms with Gasteiger partial charge in [-0.1, -0.05) is 37.8 Å². The zero-order valence-corrected chi connectivity index (χ0v) is 14.1. The molecule has 1 unspecified atom stereocenters. The normalized spacial score (nSPS) is 17.0. The molecule has 6 heteroatoms. The van der Waals surface area contributed by atoms with Crippen molar-refractivity contribution in [3.63, 3.8) is 0 Å². The minimum atomic E-state index is -0.0743. The van der Waals surface area contributed by atoms with Crippen LogP contribution in [0.25, 0.3) is 5.69 Å². The van der Waals surface area contributed by atoms with Gasteiger partial charge in [-0.05, 0) is 37.5 Å². The van der Waals surface area contributed by atoms with Crippen molar-refractivity contribution >= 4 is 6.03 Å². The third-order valence-corrected chi connectivity index (χ3v) is 4.61. The molecular formula is C18H25N5O. The fourth-order valence-corrected chi connectivity index (χ4v) is 3.19. The average Bonchev–Trinajstić information content (AvgIpc) is 3.01. The van der Waals surface area contributed by atoms with E-state index in [0.29, 0.717) is 6.04 Å². The first-order valence-corrected chi connectivity index (χ1v) is 8.74. The summed E-state index contributed by atoms with van der Waals surface area (Å²) in [6.07, 6.45) is 10.4. The average molecular weight is 327 g/mol. The Morgan fingerprint density at radius 1 is 1.17 bits per heavy atom. The Kier molecular flexibility index (Phi) is 5.46. The zero-order valence-electron chi connectivity index (χ0n) is 14.1. The van der Waals surface area contributed by atoms with Crippen LogP contribution in [0.3, 0.4) is 0 Å². The molecule has 2 amide bonds. The summed E-state index contributed by atoms with van der Waals surface area (Å²) >= 11 is 0. The van der Waals surface area contributed by atoms with Crippen molar-refractivity contribution in [1.82, 2.24) is 25.4 Å². The van der Waals surface area contributed by atoms with E-state index in [1.54, 1.807) is 11.0 Å². The van der Waals surface area contributed by atoms with Crippen LogP contribution in [-0.2, 0) is 0 Å². The summed E-state index contributed by atoms with van der Waals surface area (Å²) in [7, 11) is 0. The predicted octanol–water partition coefficient (Wildman–Crippen LogP) is 3.35. The minimum Gasteiger partial charge on any atom is -0.335 e. The van der Waals surface area contributed by atoms with Gasteiger partial charge in [-0.25, -0.2) is 14.5 Å². The number of urea groups is 1. The van der Waals surface area contributed by atoms with E-state index in [0.717, 1.165) is 24.1 Å². The molecular weight excluding hydrogens is 302 g/mol. The Bertz CT molecular complexity index is 630. The highest BCUT2D eigenvalue weighted by atomic mass is 16.2. The molecule has 2 N–H and O–H groups in total. The van der Waals surface area contributed by atoms with Gasteiger partial charge in [0.05, 0.1) is 11.7 Å². The van der Waals surface area contributed by atoms with Crippen LogP contribution in [0.1, 0.15) is 57.1 Å². The monoisotopic (exact) mass is 327 g/mol. The molecule has 0 bridgehead atoms. The van der Waals surface area contributed by atoms with Crippen molar-refractivity contribution in [2.24, 2.45) is 0 Å². The lowest BCUT2D eigenvalue weighted by Crippen LogP contribution is -2.42. The van der Waals surface area contributed by atoms with E-state index in [1.807, 2.05) is 31.2 Å². The molecule has 1 atom stereocenters. The van der Waals surface area contributed by atoms with Crippen molar-refractivity contribution in [1.29, 1.82) is 0 Å². The van der Waals surface area contributed by atoms with E-state index in [-0.39, 0.29) is 12.1 Å². The second kappa shape index (κ2) is 7.95. The van der Waals surface area contributed by atoms with Gasteiger partial charge >= 0.3 is 6.03 Å². The second-order valence-electron chi connectivity index (χ2n) is 6.46. The van der Waals surface area contributed by atoms with Gasteiger partial charge in [0.2, 0.25) is 0 Å². The molecule has 6 nitrogen and oxygen atoms in total. The molecule has 0 spiro atoms. The molecule has 24 heavy (non-hydrogen) atoms. The summed E-state index contributed by atoms with van der Waals surface area (Å²) in [6.45, 7) is 2.00. The number of carbonyl (C=O) groups excluding carboxylic acids is 1. The first kappa shape index (κ1) is 16.5. The molecule has 1 saturated carbocycles. The molecule has 0 saturated heterocycles. The van der Waals surface area contributed by atoms with Crippen LogP contribution in [0.4, 0.5) is 4.79 Å². The molecule has 3 rings (SSSR count). The highest BCUT2D eigenvalue weighted by Gasteiger charge is 2.16. The van der Waals surface area contributed by atoms with Crippen molar-refractivity contribution in [3.05, 3.63) is 42.5 Å². The molecule has 2 aromatic rings. The fraction of sp³-hybridized carbons (Fsp3) is 0.500. The number of nitrogens with one attached hydrogen (secondary N) is 2. The lowest BCUT2D eigenvalue weighted by molar-refractivity contribution is 0.232. The molecule has 1 fully saturated rings. The van der Waals surface area contributed by atoms with Crippen molar-refractivity contribution in [2.45, 2.75) is 57.5 Å². The van der Waals surface area contributed by atoms with E-state index < -0.39 is 0 Å². The number of aromatic nitrogens is 3. The quantitative estimate of drug-likeness (QED) is 0.846. The number of carbonyl (C=O) groups is 1. The van der Waals surface area contributed by atoms with Crippen LogP contribution in [0.2, 0.25) is 0 Å². The smallest absolute Gasteiger partial charge is 0.315 e. The van der Waals surface area contributed by atoms with Crippen LogP contribution in [0.15, 0.2) is 36.9 Å². The van der Waals surface area contributed by atoms with Gasteiger partial charge in [-0.2, -0.15) is 5.10 Å². The minimum absolute atomic E-state index is 0.0411. The zero-order chi connectivity index (χ0) is 16.8. The molecule has 1 aliphatic carbocycles. The maximum Gasteiger partial charge on any atom is 0.315 e. The first-order valence-electron chi connectivity index (χ1n) is 8.74. The van der Waals surface area contributed by atoms with Crippen LogP contribution in [0.5, 0.6) is 0 Å². The topological polar surface area (TPSA) is 71.8 Å². The first-order chi connectivity index (χ1) is 11.7. The summed E-state index contributed by atoms with van der Waals surface area (Å²) in [6, 6.07) is 8.17. The number of hydrogen-bond donors (Lipinski definition) is 2. The highest BCUT2D eigenvalue weighted by molar-refractivity contribution is 5.74. The molecule has 1 aromatic carbocycles. The Hall–Kier alpha value is -2.37. The summed E-state index contributed by atoms with van der Waals surface area (Å²) in [5.41, 5.74) is 2.02. The maximum atomic E-state index is 12.2. The Morgan fingerprint density at radius 3 is 2.50 bits per heavy atom. The molecule has 0 radical (unpaired) electrons. The summed E-state index contributed by atoms with van der Waals surface area (Å²) < 4.78 is 1.71. The second-order valence-corrected chi connectivity index (χ2v) is 6.46. The number of hydrogen-bond acceptors (Lipinski definition) is 3.